The molecule has 3 heterocycles. The average molecular weight is 644 g/mol. The molecule has 1 N–H and O–H groups in total. The van der Waals surface area contributed by atoms with Gasteiger partial charge in [-0.05, 0) is 85.7 Å². The fraction of sp³-hybridized carbons (Fsp3) is 0.467. The van der Waals surface area contributed by atoms with Gasteiger partial charge in [-0.1, -0.05) is 41.3 Å². The van der Waals surface area contributed by atoms with E-state index in [1.807, 2.05) is 24.0 Å². The van der Waals surface area contributed by atoms with Crippen molar-refractivity contribution in [2.45, 2.75) is 78.3 Å². The fourth-order valence-electron chi connectivity index (χ4n) is 5.08. The molecular weight excluding hydrogens is 608 g/mol. The predicted octanol–water partition coefficient (Wildman–Crippen LogP) is 8.61. The first-order chi connectivity index (χ1) is 20.6. The Labute approximate surface area is 258 Å². The van der Waals surface area contributed by atoms with Crippen molar-refractivity contribution in [2.24, 2.45) is 7.05 Å². The molecule has 0 saturated heterocycles. The quantitative estimate of drug-likeness (QED) is 0.205. The number of nitrogens with zero attached hydrogens (tertiary/aromatic N) is 6. The van der Waals surface area contributed by atoms with E-state index < -0.39 is 24.3 Å². The molecule has 1 unspecified atom stereocenters. The first kappa shape index (κ1) is 34.9. The summed E-state index contributed by atoms with van der Waals surface area (Å²) < 4.78 is 76.9. The maximum Gasteiger partial charge on any atom is 0.416 e. The number of aryl methyl sites for hydroxylation is 2. The Hall–Kier alpha value is -3.61. The molecule has 0 radical (unpaired) electrons. The number of allylic oxidation sites excluding steroid dienone is 4. The highest BCUT2D eigenvalue weighted by atomic mass is 35.5. The number of rotatable bonds is 7. The van der Waals surface area contributed by atoms with Gasteiger partial charge in [0, 0.05) is 36.2 Å². The van der Waals surface area contributed by atoms with Crippen LogP contribution in [0.5, 0.6) is 0 Å². The Balaban J connectivity index is 0.000000345. The molecule has 0 saturated carbocycles. The number of hydrogen-bond acceptors (Lipinski definition) is 6. The Bertz CT molecular complexity index is 1450. The van der Waals surface area contributed by atoms with E-state index in [2.05, 4.69) is 25.7 Å². The lowest BCUT2D eigenvalue weighted by atomic mass is 9.91. The van der Waals surface area contributed by atoms with E-state index in [0.717, 1.165) is 30.0 Å². The first-order valence-electron chi connectivity index (χ1n) is 14.0. The van der Waals surface area contributed by atoms with Gasteiger partial charge in [0.2, 0.25) is 0 Å². The zero-order chi connectivity index (χ0) is 32.7. The number of hydrogen-bond donors (Lipinski definition) is 1. The average Bonchev–Trinajstić information content (AvgIpc) is 3.26. The van der Waals surface area contributed by atoms with Crippen LogP contribution in [0.3, 0.4) is 0 Å². The molecule has 3 aromatic rings. The second-order valence-corrected chi connectivity index (χ2v) is 11.0. The maximum absolute atomic E-state index is 13.9. The number of alkyl halides is 6. The summed E-state index contributed by atoms with van der Waals surface area (Å²) in [5, 5.41) is 15.9. The van der Waals surface area contributed by atoms with Crippen molar-refractivity contribution in [3.8, 4) is 0 Å². The number of tetrazole rings is 1. The van der Waals surface area contributed by atoms with Crippen molar-refractivity contribution in [2.75, 3.05) is 16.8 Å². The van der Waals surface area contributed by atoms with E-state index in [9.17, 15) is 26.3 Å². The van der Waals surface area contributed by atoms with Gasteiger partial charge < -0.3 is 10.2 Å². The molecule has 0 fully saturated rings. The third-order valence-corrected chi connectivity index (χ3v) is 7.35. The number of anilines is 2. The summed E-state index contributed by atoms with van der Waals surface area (Å²) in [6.45, 7) is 7.68. The second-order valence-electron chi connectivity index (χ2n) is 10.6. The van der Waals surface area contributed by atoms with E-state index >= 15 is 0 Å². The summed E-state index contributed by atoms with van der Waals surface area (Å²) in [5.74, 6) is 0.358. The lowest BCUT2D eigenvalue weighted by Gasteiger charge is -2.30. The highest BCUT2D eigenvalue weighted by Gasteiger charge is 2.38. The van der Waals surface area contributed by atoms with Crippen LogP contribution >= 0.6 is 11.6 Å². The SMILES string of the molecule is CC/C(Cl)=C\C(C)=C/CC(F)(F)F.Cc1cc2c(c(C)c1C(F)(F)F)N(Cc1ccncc1)CCCC2Nc1nnn(C)n1. The molecule has 1 aromatic carbocycles. The van der Waals surface area contributed by atoms with E-state index in [0.29, 0.717) is 41.8 Å². The zero-order valence-electron chi connectivity index (χ0n) is 25.2. The van der Waals surface area contributed by atoms with Crippen LogP contribution in [0.4, 0.5) is 38.0 Å². The molecule has 14 heteroatoms. The summed E-state index contributed by atoms with van der Waals surface area (Å²) in [6, 6.07) is 5.21. The summed E-state index contributed by atoms with van der Waals surface area (Å²) in [7, 11) is 1.67. The van der Waals surface area contributed by atoms with Crippen LogP contribution in [0.15, 0.2) is 53.4 Å². The maximum atomic E-state index is 13.9. The molecule has 240 valence electrons. The van der Waals surface area contributed by atoms with E-state index in [4.69, 9.17) is 11.6 Å². The lowest BCUT2D eigenvalue weighted by Crippen LogP contribution is -2.26. The van der Waals surface area contributed by atoms with Crippen molar-refractivity contribution in [1.82, 2.24) is 25.2 Å². The van der Waals surface area contributed by atoms with Gasteiger partial charge in [0.25, 0.3) is 5.95 Å². The second kappa shape index (κ2) is 14.9. The summed E-state index contributed by atoms with van der Waals surface area (Å²) in [4.78, 5) is 7.43. The van der Waals surface area contributed by atoms with E-state index in [1.165, 1.54) is 11.7 Å². The molecule has 1 aliphatic rings. The van der Waals surface area contributed by atoms with Crippen LogP contribution < -0.4 is 10.2 Å². The van der Waals surface area contributed by atoms with Crippen molar-refractivity contribution in [1.29, 1.82) is 0 Å². The zero-order valence-corrected chi connectivity index (χ0v) is 25.9. The standard InChI is InChI=1S/C21H24F3N7.C9H12ClF3/c1-13-11-16-17(26-20-27-29-30(3)28-20)5-4-10-31(12-15-6-8-25-9-7-15)19(16)14(2)18(13)21(22,23)24;1-3-8(10)6-7(2)4-5-9(11,12)13/h6-9,11,17H,4-5,10,12H2,1-3H3,(H,26,28);4,6H,3,5H2,1-2H3/b;7-4-,8-6+. The van der Waals surface area contributed by atoms with Crippen molar-refractivity contribution < 1.29 is 26.3 Å². The Morgan fingerprint density at radius 3 is 2.39 bits per heavy atom. The highest BCUT2D eigenvalue weighted by molar-refractivity contribution is 6.29. The number of halogens is 7. The summed E-state index contributed by atoms with van der Waals surface area (Å²) in [5.41, 5.74) is 2.88. The van der Waals surface area contributed by atoms with Gasteiger partial charge >= 0.3 is 12.4 Å². The molecule has 0 amide bonds. The molecule has 0 spiro atoms. The largest absolute Gasteiger partial charge is 0.416 e. The summed E-state index contributed by atoms with van der Waals surface area (Å²) >= 11 is 5.65. The highest BCUT2D eigenvalue weighted by Crippen LogP contribution is 2.44. The van der Waals surface area contributed by atoms with Crippen LogP contribution in [0.1, 0.15) is 73.4 Å². The van der Waals surface area contributed by atoms with Crippen LogP contribution in [0.2, 0.25) is 0 Å². The van der Waals surface area contributed by atoms with Gasteiger partial charge in [-0.2, -0.15) is 31.1 Å². The van der Waals surface area contributed by atoms with Crippen molar-refractivity contribution in [3.05, 3.63) is 81.2 Å². The van der Waals surface area contributed by atoms with E-state index in [1.54, 1.807) is 45.4 Å². The molecule has 2 aromatic heterocycles. The smallest absolute Gasteiger partial charge is 0.367 e. The molecule has 44 heavy (non-hydrogen) atoms. The number of pyridine rings is 1. The fourth-order valence-corrected chi connectivity index (χ4v) is 5.25. The van der Waals surface area contributed by atoms with Crippen LogP contribution in [-0.2, 0) is 19.8 Å². The van der Waals surface area contributed by atoms with Gasteiger partial charge in [-0.3, -0.25) is 4.98 Å². The Morgan fingerprint density at radius 1 is 1.14 bits per heavy atom. The molecule has 0 bridgehead atoms. The Kier molecular flexibility index (Phi) is 11.8. The van der Waals surface area contributed by atoms with Crippen LogP contribution in [0.25, 0.3) is 0 Å². The lowest BCUT2D eigenvalue weighted by molar-refractivity contribution is -0.138. The normalized spacial score (nSPS) is 16.2. The number of aromatic nitrogens is 5. The van der Waals surface area contributed by atoms with Gasteiger partial charge in [0.05, 0.1) is 25.1 Å². The third-order valence-electron chi connectivity index (χ3n) is 6.98. The van der Waals surface area contributed by atoms with Crippen molar-refractivity contribution in [3.63, 3.8) is 0 Å². The molecule has 0 aliphatic carbocycles. The monoisotopic (exact) mass is 643 g/mol. The minimum absolute atomic E-state index is 0.216. The van der Waals surface area contributed by atoms with Gasteiger partial charge in [0.15, 0.2) is 0 Å². The third kappa shape index (κ3) is 9.96. The topological polar surface area (TPSA) is 71.8 Å². The van der Waals surface area contributed by atoms with Gasteiger partial charge in [0.1, 0.15) is 0 Å². The minimum atomic E-state index is -4.42. The molecule has 7 nitrogen and oxygen atoms in total. The number of benzene rings is 1. The molecule has 4 rings (SSSR count). The first-order valence-corrected chi connectivity index (χ1v) is 14.4. The number of fused-ring (bicyclic) bond motifs is 1. The predicted molar refractivity (Wildman–Crippen MR) is 159 cm³/mol. The van der Waals surface area contributed by atoms with Gasteiger partial charge in [-0.25, -0.2) is 0 Å². The van der Waals surface area contributed by atoms with Crippen LogP contribution in [-0.4, -0.2) is 37.9 Å². The van der Waals surface area contributed by atoms with Crippen molar-refractivity contribution >= 4 is 23.2 Å². The van der Waals surface area contributed by atoms with E-state index in [-0.39, 0.29) is 17.2 Å². The summed E-state index contributed by atoms with van der Waals surface area (Å²) in [6.07, 6.45) is -1.21. The Morgan fingerprint density at radius 2 is 1.82 bits per heavy atom. The van der Waals surface area contributed by atoms with Crippen LogP contribution in [0, 0.1) is 13.8 Å². The minimum Gasteiger partial charge on any atom is -0.367 e. The molecule has 1 aliphatic heterocycles. The molecule has 1 atom stereocenters. The molecular formula is C30H36ClF6N7. The number of nitrogens with one attached hydrogen (secondary N) is 1. The van der Waals surface area contributed by atoms with Gasteiger partial charge in [-0.15, -0.1) is 5.10 Å².